The van der Waals surface area contributed by atoms with Crippen molar-refractivity contribution in [2.24, 2.45) is 5.73 Å². The molecule has 0 radical (unpaired) electrons. The molecule has 3 rings (SSSR count). The minimum absolute atomic E-state index is 0.0455. The van der Waals surface area contributed by atoms with Crippen molar-refractivity contribution in [2.45, 2.75) is 25.3 Å². The number of rotatable bonds is 7. The maximum absolute atomic E-state index is 12.6. The summed E-state index contributed by atoms with van der Waals surface area (Å²) in [6.45, 7) is 4.06. The van der Waals surface area contributed by atoms with Crippen molar-refractivity contribution in [3.63, 3.8) is 0 Å². The van der Waals surface area contributed by atoms with Crippen LogP contribution < -0.4 is 15.8 Å². The van der Waals surface area contributed by atoms with E-state index in [1.165, 1.54) is 12.1 Å². The van der Waals surface area contributed by atoms with Gasteiger partial charge < -0.3 is 11.1 Å². The van der Waals surface area contributed by atoms with Gasteiger partial charge in [0, 0.05) is 29.2 Å². The summed E-state index contributed by atoms with van der Waals surface area (Å²) in [5.74, 6) is -0.426. The molecule has 3 aromatic rings. The fourth-order valence-corrected chi connectivity index (χ4v) is 3.64. The van der Waals surface area contributed by atoms with Crippen LogP contribution in [-0.4, -0.2) is 24.3 Å². The van der Waals surface area contributed by atoms with Crippen molar-refractivity contribution in [1.82, 2.24) is 9.97 Å². The number of aryl methyl sites for hydroxylation is 2. The van der Waals surface area contributed by atoms with Crippen LogP contribution in [0.15, 0.2) is 59.5 Å². The Morgan fingerprint density at radius 2 is 1.55 bits per heavy atom. The zero-order valence-corrected chi connectivity index (χ0v) is 16.8. The summed E-state index contributed by atoms with van der Waals surface area (Å²) in [7, 11) is -3.79. The molecule has 0 aliphatic carbocycles. The first kappa shape index (κ1) is 20.3. The van der Waals surface area contributed by atoms with E-state index in [1.54, 1.807) is 56.3 Å². The van der Waals surface area contributed by atoms with Crippen LogP contribution in [0, 0.1) is 13.8 Å². The summed E-state index contributed by atoms with van der Waals surface area (Å²) in [4.78, 5) is 19.4. The average Bonchev–Trinajstić information content (AvgIpc) is 2.66. The lowest BCUT2D eigenvalue weighted by Gasteiger charge is -2.10. The van der Waals surface area contributed by atoms with Crippen molar-refractivity contribution in [2.75, 3.05) is 10.0 Å². The Labute approximate surface area is 169 Å². The third-order valence-corrected chi connectivity index (χ3v) is 5.45. The Morgan fingerprint density at radius 1 is 0.966 bits per heavy atom. The Morgan fingerprint density at radius 3 is 2.10 bits per heavy atom. The largest absolute Gasteiger partial charge is 0.381 e. The van der Waals surface area contributed by atoms with Gasteiger partial charge >= 0.3 is 0 Å². The second kappa shape index (κ2) is 8.27. The van der Waals surface area contributed by atoms with Crippen molar-refractivity contribution in [3.05, 3.63) is 77.1 Å². The van der Waals surface area contributed by atoms with E-state index in [0.717, 1.165) is 11.3 Å². The first-order valence-corrected chi connectivity index (χ1v) is 10.3. The third-order valence-electron chi connectivity index (χ3n) is 4.11. The standard InChI is InChI=1S/C20H21N5O3S/c1-13-11-14(2)24-20(23-13)25-29(27,28)18-9-7-17(8-10-18)22-12-15-3-5-16(6-4-15)19(21)26/h3-11,22H,12H2,1-2H3,(H2,21,26)(H,23,24,25). The highest BCUT2D eigenvalue weighted by Crippen LogP contribution is 2.18. The number of nitrogens with two attached hydrogens (primary N) is 1. The minimum Gasteiger partial charge on any atom is -0.381 e. The van der Waals surface area contributed by atoms with Crippen LogP contribution in [-0.2, 0) is 16.6 Å². The maximum atomic E-state index is 12.6. The quantitative estimate of drug-likeness (QED) is 0.548. The lowest BCUT2D eigenvalue weighted by molar-refractivity contribution is 0.100. The molecule has 2 aromatic carbocycles. The normalized spacial score (nSPS) is 11.1. The van der Waals surface area contributed by atoms with Gasteiger partial charge in [0.05, 0.1) is 4.90 Å². The number of amides is 1. The van der Waals surface area contributed by atoms with Gasteiger partial charge in [-0.05, 0) is 61.9 Å². The fourth-order valence-electron chi connectivity index (χ4n) is 2.69. The molecular formula is C20H21N5O3S. The summed E-state index contributed by atoms with van der Waals surface area (Å²) >= 11 is 0. The Kier molecular flexibility index (Phi) is 5.79. The molecule has 1 heterocycles. The van der Waals surface area contributed by atoms with Gasteiger partial charge in [-0.15, -0.1) is 0 Å². The molecule has 1 amide bonds. The predicted molar refractivity (Wildman–Crippen MR) is 111 cm³/mol. The number of benzene rings is 2. The van der Waals surface area contributed by atoms with Crippen LogP contribution in [0.25, 0.3) is 0 Å². The van der Waals surface area contributed by atoms with E-state index in [-0.39, 0.29) is 10.8 Å². The maximum Gasteiger partial charge on any atom is 0.264 e. The summed E-state index contributed by atoms with van der Waals surface area (Å²) in [6.07, 6.45) is 0. The molecule has 29 heavy (non-hydrogen) atoms. The number of carbonyl (C=O) groups excluding carboxylic acids is 1. The fraction of sp³-hybridized carbons (Fsp3) is 0.150. The Balaban J connectivity index is 1.66. The number of nitrogens with one attached hydrogen (secondary N) is 2. The molecule has 0 aliphatic heterocycles. The molecule has 1 aromatic heterocycles. The summed E-state index contributed by atoms with van der Waals surface area (Å²) < 4.78 is 27.5. The van der Waals surface area contributed by atoms with Gasteiger partial charge in [-0.1, -0.05) is 12.1 Å². The number of nitrogens with zero attached hydrogens (tertiary/aromatic N) is 2. The van der Waals surface area contributed by atoms with Crippen molar-refractivity contribution >= 4 is 27.6 Å². The number of hydrogen-bond acceptors (Lipinski definition) is 6. The minimum atomic E-state index is -3.79. The molecule has 0 fully saturated rings. The lowest BCUT2D eigenvalue weighted by Crippen LogP contribution is -2.15. The molecule has 8 nitrogen and oxygen atoms in total. The first-order valence-electron chi connectivity index (χ1n) is 8.81. The third kappa shape index (κ3) is 5.29. The topological polar surface area (TPSA) is 127 Å². The second-order valence-electron chi connectivity index (χ2n) is 6.52. The van der Waals surface area contributed by atoms with Crippen LogP contribution in [0.3, 0.4) is 0 Å². The smallest absolute Gasteiger partial charge is 0.264 e. The van der Waals surface area contributed by atoms with Crippen LogP contribution >= 0.6 is 0 Å². The van der Waals surface area contributed by atoms with Crippen LogP contribution in [0.5, 0.6) is 0 Å². The number of sulfonamides is 1. The van der Waals surface area contributed by atoms with Crippen LogP contribution in [0.2, 0.25) is 0 Å². The number of anilines is 2. The molecule has 0 spiro atoms. The molecule has 0 saturated carbocycles. The van der Waals surface area contributed by atoms with E-state index < -0.39 is 15.9 Å². The number of primary amides is 1. The molecule has 150 valence electrons. The van der Waals surface area contributed by atoms with Gasteiger partial charge in [-0.3, -0.25) is 4.79 Å². The zero-order chi connectivity index (χ0) is 21.0. The van der Waals surface area contributed by atoms with E-state index in [2.05, 4.69) is 20.0 Å². The lowest BCUT2D eigenvalue weighted by atomic mass is 10.1. The molecule has 0 unspecified atom stereocenters. The molecule has 0 aliphatic rings. The van der Waals surface area contributed by atoms with E-state index >= 15 is 0 Å². The Hall–Kier alpha value is -3.46. The van der Waals surface area contributed by atoms with Crippen LogP contribution in [0.4, 0.5) is 11.6 Å². The number of hydrogen-bond donors (Lipinski definition) is 3. The molecular weight excluding hydrogens is 390 g/mol. The zero-order valence-electron chi connectivity index (χ0n) is 16.0. The monoisotopic (exact) mass is 411 g/mol. The van der Waals surface area contributed by atoms with E-state index in [4.69, 9.17) is 5.73 Å². The molecule has 4 N–H and O–H groups in total. The Bertz CT molecular complexity index is 1110. The van der Waals surface area contributed by atoms with Crippen molar-refractivity contribution in [1.29, 1.82) is 0 Å². The van der Waals surface area contributed by atoms with Gasteiger partial charge in [0.15, 0.2) is 0 Å². The average molecular weight is 411 g/mol. The van der Waals surface area contributed by atoms with Crippen molar-refractivity contribution < 1.29 is 13.2 Å². The number of aromatic nitrogens is 2. The van der Waals surface area contributed by atoms with Crippen LogP contribution in [0.1, 0.15) is 27.3 Å². The number of carbonyl (C=O) groups is 1. The van der Waals surface area contributed by atoms with Gasteiger partial charge in [0.1, 0.15) is 0 Å². The first-order chi connectivity index (χ1) is 13.7. The van der Waals surface area contributed by atoms with E-state index in [9.17, 15) is 13.2 Å². The SMILES string of the molecule is Cc1cc(C)nc(NS(=O)(=O)c2ccc(NCc3ccc(C(N)=O)cc3)cc2)n1. The molecule has 0 atom stereocenters. The van der Waals surface area contributed by atoms with Gasteiger partial charge in [0.2, 0.25) is 11.9 Å². The van der Waals surface area contributed by atoms with Crippen molar-refractivity contribution in [3.8, 4) is 0 Å². The second-order valence-corrected chi connectivity index (χ2v) is 8.20. The van der Waals surface area contributed by atoms with E-state index in [1.807, 2.05) is 0 Å². The molecule has 0 saturated heterocycles. The highest BCUT2D eigenvalue weighted by molar-refractivity contribution is 7.92. The molecule has 9 heteroatoms. The van der Waals surface area contributed by atoms with Gasteiger partial charge in [-0.25, -0.2) is 23.1 Å². The summed E-state index contributed by atoms with van der Waals surface area (Å²) in [5, 5.41) is 3.20. The van der Waals surface area contributed by atoms with E-state index in [0.29, 0.717) is 23.5 Å². The summed E-state index contributed by atoms with van der Waals surface area (Å²) in [5.41, 5.74) is 8.74. The predicted octanol–water partition coefficient (Wildman–Crippen LogP) is 2.61. The summed E-state index contributed by atoms with van der Waals surface area (Å²) in [6, 6.07) is 15.1. The van der Waals surface area contributed by atoms with Gasteiger partial charge in [0.25, 0.3) is 10.0 Å². The highest BCUT2D eigenvalue weighted by Gasteiger charge is 2.16. The van der Waals surface area contributed by atoms with Gasteiger partial charge in [-0.2, -0.15) is 0 Å². The molecule has 0 bridgehead atoms. The highest BCUT2D eigenvalue weighted by atomic mass is 32.2.